The Kier molecular flexibility index (Phi) is 5.22. The lowest BCUT2D eigenvalue weighted by Crippen LogP contribution is -1.72. The second-order valence-electron chi connectivity index (χ2n) is 1.69. The summed E-state index contributed by atoms with van der Waals surface area (Å²) in [5, 5.41) is 0. The summed E-state index contributed by atoms with van der Waals surface area (Å²) in [5.41, 5.74) is 0. The monoisotopic (exact) mass is 222 g/mol. The summed E-state index contributed by atoms with van der Waals surface area (Å²) in [4.78, 5) is 0. The summed E-state index contributed by atoms with van der Waals surface area (Å²) in [6.45, 7) is 0. The van der Waals surface area contributed by atoms with Crippen LogP contribution in [0.15, 0.2) is 0 Å². The van der Waals surface area contributed by atoms with Crippen LogP contribution in [0.3, 0.4) is 0 Å². The molecular weight excluding hydrogens is 211 g/mol. The molecule has 0 spiro atoms. The second kappa shape index (κ2) is 3.10. The first kappa shape index (κ1) is 10.1. The first-order valence-electron chi connectivity index (χ1n) is 1.38. The van der Waals surface area contributed by atoms with Gasteiger partial charge in [-0.3, -0.25) is 0 Å². The minimum absolute atomic E-state index is 0. The molecule has 42 valence electrons. The summed E-state index contributed by atoms with van der Waals surface area (Å²) < 4.78 is 0. The molecule has 0 aromatic rings. The van der Waals surface area contributed by atoms with Crippen LogP contribution >= 0.6 is 28.4 Å². The van der Waals surface area contributed by atoms with Crippen molar-refractivity contribution in [2.45, 2.75) is 0 Å². The van der Waals surface area contributed by atoms with Crippen molar-refractivity contribution in [2.24, 2.45) is 0 Å². The molecule has 0 aliphatic rings. The van der Waals surface area contributed by atoms with E-state index in [0.29, 0.717) is 0 Å². The molecule has 0 rings (SSSR count). The van der Waals surface area contributed by atoms with Crippen LogP contribution in [0.2, 0.25) is 0 Å². The molecule has 0 aliphatic carbocycles. The van der Waals surface area contributed by atoms with Crippen molar-refractivity contribution in [1.82, 2.24) is 0 Å². The number of halogens is 1. The summed E-state index contributed by atoms with van der Waals surface area (Å²) in [7, 11) is -0.197. The van der Waals surface area contributed by atoms with Gasteiger partial charge in [0.1, 0.15) is 0 Å². The van der Waals surface area contributed by atoms with E-state index in [-0.39, 0.29) is 12.7 Å². The molecule has 0 heterocycles. The molecule has 0 atom stereocenters. The Balaban J connectivity index is 0. The van der Waals surface area contributed by atoms with Crippen molar-refractivity contribution >= 4 is 28.4 Å². The molecule has 3 heteroatoms. The Morgan fingerprint density at radius 1 is 1.17 bits per heavy atom. The van der Waals surface area contributed by atoms with Crippen molar-refractivity contribution < 1.29 is 5.48 Å². The quantitative estimate of drug-likeness (QED) is 0.551. The van der Waals surface area contributed by atoms with Crippen LogP contribution in [0.1, 0.15) is 0 Å². The molecule has 0 saturated heterocycles. The van der Waals surface area contributed by atoms with Gasteiger partial charge in [0, 0.05) is 0 Å². The van der Waals surface area contributed by atoms with Crippen LogP contribution in [0.5, 0.6) is 0 Å². The van der Waals surface area contributed by atoms with Crippen LogP contribution < -0.4 is 0 Å². The average Bonchev–Trinajstić information content (AvgIpc) is 0.722. The van der Waals surface area contributed by atoms with Gasteiger partial charge >= 0.3 is 0 Å². The number of rotatable bonds is 0. The highest BCUT2D eigenvalue weighted by molar-refractivity contribution is 14.2. The standard InChI is InChI=1S/C3H9IS.H2O/c1-5(2,3)4;/h1-3H3;1H2. The van der Waals surface area contributed by atoms with Crippen LogP contribution in [-0.4, -0.2) is 24.2 Å². The van der Waals surface area contributed by atoms with Crippen LogP contribution in [0, 0.1) is 0 Å². The predicted molar refractivity (Wildman–Crippen MR) is 43.0 cm³/mol. The Labute approximate surface area is 52.7 Å². The van der Waals surface area contributed by atoms with Gasteiger partial charge < -0.3 is 5.48 Å². The zero-order chi connectivity index (χ0) is 4.50. The highest BCUT2D eigenvalue weighted by Crippen LogP contribution is 2.43. The molecule has 0 bridgehead atoms. The van der Waals surface area contributed by atoms with E-state index in [2.05, 4.69) is 40.0 Å². The van der Waals surface area contributed by atoms with Crippen molar-refractivity contribution in [3.05, 3.63) is 0 Å². The zero-order valence-electron chi connectivity index (χ0n) is 4.29. The van der Waals surface area contributed by atoms with E-state index in [1.54, 1.807) is 0 Å². The largest absolute Gasteiger partial charge is 0.412 e. The molecule has 0 aliphatic heterocycles. The summed E-state index contributed by atoms with van der Waals surface area (Å²) >= 11 is 2.46. The Hall–Kier alpha value is 1.04. The van der Waals surface area contributed by atoms with Gasteiger partial charge in [-0.15, -0.1) is 0 Å². The lowest BCUT2D eigenvalue weighted by Gasteiger charge is -2.11. The Morgan fingerprint density at radius 3 is 1.17 bits per heavy atom. The van der Waals surface area contributed by atoms with Crippen molar-refractivity contribution in [1.29, 1.82) is 0 Å². The van der Waals surface area contributed by atoms with Gasteiger partial charge in [-0.1, -0.05) is 0 Å². The van der Waals surface area contributed by atoms with Crippen LogP contribution in [0.4, 0.5) is 0 Å². The molecule has 0 aromatic carbocycles. The number of hydrogen-bond acceptors (Lipinski definition) is 0. The Bertz CT molecular complexity index is 26.3. The van der Waals surface area contributed by atoms with E-state index in [9.17, 15) is 0 Å². The minimum Gasteiger partial charge on any atom is -0.412 e. The van der Waals surface area contributed by atoms with E-state index in [4.69, 9.17) is 0 Å². The topological polar surface area (TPSA) is 31.5 Å². The van der Waals surface area contributed by atoms with Gasteiger partial charge in [0.2, 0.25) is 0 Å². The summed E-state index contributed by atoms with van der Waals surface area (Å²) in [6.07, 6.45) is 6.77. The summed E-state index contributed by atoms with van der Waals surface area (Å²) in [5.74, 6) is 0. The fourth-order valence-corrected chi connectivity index (χ4v) is 0. The Morgan fingerprint density at radius 2 is 1.17 bits per heavy atom. The fraction of sp³-hybridized carbons (Fsp3) is 1.00. The van der Waals surface area contributed by atoms with Gasteiger partial charge in [0.05, 0.1) is 0 Å². The van der Waals surface area contributed by atoms with Gasteiger partial charge in [-0.2, -0.15) is 7.20 Å². The van der Waals surface area contributed by atoms with Gasteiger partial charge in [-0.25, -0.2) is 0 Å². The van der Waals surface area contributed by atoms with E-state index in [1.807, 2.05) is 0 Å². The van der Waals surface area contributed by atoms with Crippen molar-refractivity contribution in [3.8, 4) is 0 Å². The third-order valence-electron chi connectivity index (χ3n) is 0. The smallest absolute Gasteiger partial charge is 0.0261 e. The maximum absolute atomic E-state index is 2.46. The molecule has 0 saturated carbocycles. The highest BCUT2D eigenvalue weighted by atomic mass is 127. The van der Waals surface area contributed by atoms with Crippen molar-refractivity contribution in [2.75, 3.05) is 18.8 Å². The van der Waals surface area contributed by atoms with Gasteiger partial charge in [0.25, 0.3) is 0 Å². The zero-order valence-corrected chi connectivity index (χ0v) is 7.26. The maximum Gasteiger partial charge on any atom is -0.0261 e. The van der Waals surface area contributed by atoms with Gasteiger partial charge in [-0.05, 0) is 40.0 Å². The average molecular weight is 222 g/mol. The third kappa shape index (κ3) is 76.1. The molecule has 6 heavy (non-hydrogen) atoms. The van der Waals surface area contributed by atoms with E-state index in [1.165, 1.54) is 0 Å². The minimum atomic E-state index is -0.197. The lowest BCUT2D eigenvalue weighted by molar-refractivity contribution is 0.824. The molecule has 1 nitrogen and oxygen atoms in total. The molecule has 0 fully saturated rings. The number of hydrogen-bond donors (Lipinski definition) is 0. The van der Waals surface area contributed by atoms with Gasteiger partial charge in [0.15, 0.2) is 0 Å². The van der Waals surface area contributed by atoms with E-state index in [0.717, 1.165) is 0 Å². The molecule has 0 aromatic heterocycles. The second-order valence-corrected chi connectivity index (χ2v) is 13.0. The fourth-order valence-electron chi connectivity index (χ4n) is 0. The normalized spacial score (nSPS) is 12.7. The first-order valence-corrected chi connectivity index (χ1v) is 6.78. The maximum atomic E-state index is 2.46. The molecule has 0 unspecified atom stereocenters. The van der Waals surface area contributed by atoms with E-state index >= 15 is 0 Å². The van der Waals surface area contributed by atoms with Crippen molar-refractivity contribution in [3.63, 3.8) is 0 Å². The van der Waals surface area contributed by atoms with Crippen LogP contribution in [0.25, 0.3) is 0 Å². The summed E-state index contributed by atoms with van der Waals surface area (Å²) in [6, 6.07) is 0. The third-order valence-corrected chi connectivity index (χ3v) is 0. The SMILES string of the molecule is CS(C)(C)I.O. The molecule has 0 radical (unpaired) electrons. The molecule has 2 N–H and O–H groups in total. The molecule has 0 amide bonds. The first-order chi connectivity index (χ1) is 2.00. The van der Waals surface area contributed by atoms with E-state index < -0.39 is 0 Å². The molecular formula is C3H11IOS. The van der Waals surface area contributed by atoms with Crippen LogP contribution in [-0.2, 0) is 0 Å². The predicted octanol–water partition coefficient (Wildman–Crippen LogP) is 1.21. The highest BCUT2D eigenvalue weighted by Gasteiger charge is 1.89. The lowest BCUT2D eigenvalue weighted by atomic mass is 11.9.